The van der Waals surface area contributed by atoms with Crippen molar-refractivity contribution in [3.8, 4) is 0 Å². The minimum Gasteiger partial charge on any atom is -0.389 e. The summed E-state index contributed by atoms with van der Waals surface area (Å²) in [6.07, 6.45) is 7.10. The number of nitrogens with one attached hydrogen (secondary N) is 1. The maximum absolute atomic E-state index is 11.4. The standard InChI is InChI=1S/C19H31N3O3/c1-2-3-4-18-20-9-15(21-18)11-22-10-14-12-25-8-6-19(14,23)16-13-24-7-5-17(16)22/h9,14,16-17,23H,2-8,10-13H2,1H3,(H,20,21)/t14-,16+,17-,19-/m0/s1. The van der Waals surface area contributed by atoms with E-state index in [-0.39, 0.29) is 11.8 Å². The predicted molar refractivity (Wildman–Crippen MR) is 94.2 cm³/mol. The van der Waals surface area contributed by atoms with Crippen LogP contribution in [-0.2, 0) is 22.4 Å². The third-order valence-electron chi connectivity index (χ3n) is 6.38. The number of unbranched alkanes of at least 4 members (excludes halogenated alkanes) is 1. The number of nitrogens with zero attached hydrogens (tertiary/aromatic N) is 2. The molecular weight excluding hydrogens is 318 g/mol. The molecule has 3 fully saturated rings. The van der Waals surface area contributed by atoms with Gasteiger partial charge in [-0.3, -0.25) is 4.90 Å². The van der Waals surface area contributed by atoms with Crippen LogP contribution >= 0.6 is 0 Å². The lowest BCUT2D eigenvalue weighted by Gasteiger charge is -2.57. The third kappa shape index (κ3) is 3.37. The van der Waals surface area contributed by atoms with E-state index in [1.807, 2.05) is 6.20 Å². The largest absolute Gasteiger partial charge is 0.389 e. The van der Waals surface area contributed by atoms with Gasteiger partial charge in [-0.15, -0.1) is 0 Å². The van der Waals surface area contributed by atoms with Crippen molar-refractivity contribution in [2.45, 2.75) is 57.2 Å². The molecule has 4 atom stereocenters. The van der Waals surface area contributed by atoms with E-state index in [9.17, 15) is 5.11 Å². The number of likely N-dealkylation sites (tertiary alicyclic amines) is 1. The van der Waals surface area contributed by atoms with Gasteiger partial charge < -0.3 is 19.6 Å². The van der Waals surface area contributed by atoms with Crippen molar-refractivity contribution in [3.05, 3.63) is 17.7 Å². The Labute approximate surface area is 149 Å². The van der Waals surface area contributed by atoms with E-state index in [4.69, 9.17) is 9.47 Å². The lowest BCUT2D eigenvalue weighted by Crippen LogP contribution is -2.67. The zero-order valence-electron chi connectivity index (χ0n) is 15.2. The molecule has 0 aliphatic carbocycles. The number of H-pyrrole nitrogens is 1. The summed E-state index contributed by atoms with van der Waals surface area (Å²) in [4.78, 5) is 10.6. The van der Waals surface area contributed by atoms with Crippen molar-refractivity contribution in [1.29, 1.82) is 0 Å². The molecule has 0 unspecified atom stereocenters. The van der Waals surface area contributed by atoms with Gasteiger partial charge in [-0.05, 0) is 12.8 Å². The van der Waals surface area contributed by atoms with Crippen LogP contribution in [0.2, 0.25) is 0 Å². The molecule has 0 aromatic carbocycles. The fourth-order valence-electron chi connectivity index (χ4n) is 4.93. The number of aryl methyl sites for hydroxylation is 1. The monoisotopic (exact) mass is 349 g/mol. The summed E-state index contributed by atoms with van der Waals surface area (Å²) in [5, 5.41) is 11.4. The van der Waals surface area contributed by atoms with E-state index in [1.54, 1.807) is 0 Å². The van der Waals surface area contributed by atoms with E-state index in [0.29, 0.717) is 25.9 Å². The van der Waals surface area contributed by atoms with Gasteiger partial charge >= 0.3 is 0 Å². The fourth-order valence-corrected chi connectivity index (χ4v) is 4.93. The molecule has 4 rings (SSSR count). The molecule has 25 heavy (non-hydrogen) atoms. The van der Waals surface area contributed by atoms with Crippen molar-refractivity contribution in [1.82, 2.24) is 14.9 Å². The van der Waals surface area contributed by atoms with Crippen LogP contribution in [0, 0.1) is 11.8 Å². The van der Waals surface area contributed by atoms with Crippen LogP contribution in [0.5, 0.6) is 0 Å². The fraction of sp³-hybridized carbons (Fsp3) is 0.842. The Morgan fingerprint density at radius 1 is 1.36 bits per heavy atom. The molecular formula is C19H31N3O3. The van der Waals surface area contributed by atoms with E-state index in [0.717, 1.165) is 44.8 Å². The second-order valence-electron chi connectivity index (χ2n) is 7.94. The van der Waals surface area contributed by atoms with Crippen molar-refractivity contribution < 1.29 is 14.6 Å². The summed E-state index contributed by atoms with van der Waals surface area (Å²) >= 11 is 0. The highest BCUT2D eigenvalue weighted by atomic mass is 16.5. The van der Waals surface area contributed by atoms with E-state index < -0.39 is 5.60 Å². The van der Waals surface area contributed by atoms with Gasteiger partial charge in [0.1, 0.15) is 5.82 Å². The lowest BCUT2D eigenvalue weighted by molar-refractivity contribution is -0.221. The van der Waals surface area contributed by atoms with Gasteiger partial charge in [-0.25, -0.2) is 4.98 Å². The van der Waals surface area contributed by atoms with E-state index in [2.05, 4.69) is 21.8 Å². The molecule has 6 nitrogen and oxygen atoms in total. The van der Waals surface area contributed by atoms with Gasteiger partial charge in [0.25, 0.3) is 0 Å². The topological polar surface area (TPSA) is 70.6 Å². The maximum atomic E-state index is 11.4. The number of imidazole rings is 1. The van der Waals surface area contributed by atoms with Crippen molar-refractivity contribution in [3.63, 3.8) is 0 Å². The van der Waals surface area contributed by atoms with Crippen LogP contribution in [0.25, 0.3) is 0 Å². The Balaban J connectivity index is 1.50. The molecule has 3 aliphatic heterocycles. The highest BCUT2D eigenvalue weighted by Crippen LogP contribution is 2.44. The Morgan fingerprint density at radius 2 is 2.24 bits per heavy atom. The number of rotatable bonds is 5. The first-order chi connectivity index (χ1) is 12.2. The predicted octanol–water partition coefficient (Wildman–Crippen LogP) is 1.74. The number of aliphatic hydroxyl groups is 1. The van der Waals surface area contributed by atoms with Crippen LogP contribution in [0.3, 0.4) is 0 Å². The molecule has 3 aliphatic rings. The average molecular weight is 349 g/mol. The van der Waals surface area contributed by atoms with Crippen molar-refractivity contribution in [2.24, 2.45) is 11.8 Å². The number of piperidine rings is 1. The van der Waals surface area contributed by atoms with Gasteiger partial charge in [0.2, 0.25) is 0 Å². The second-order valence-corrected chi connectivity index (χ2v) is 7.94. The van der Waals surface area contributed by atoms with Crippen molar-refractivity contribution in [2.75, 3.05) is 33.0 Å². The highest BCUT2D eigenvalue weighted by molar-refractivity contribution is 5.09. The summed E-state index contributed by atoms with van der Waals surface area (Å²) in [6, 6.07) is 0.385. The molecule has 0 spiro atoms. The van der Waals surface area contributed by atoms with Crippen LogP contribution in [0.1, 0.15) is 44.1 Å². The maximum Gasteiger partial charge on any atom is 0.106 e. The zero-order valence-corrected chi connectivity index (χ0v) is 15.2. The molecule has 0 radical (unpaired) electrons. The van der Waals surface area contributed by atoms with Gasteiger partial charge in [0, 0.05) is 68.9 Å². The molecule has 3 saturated heterocycles. The molecule has 0 amide bonds. The molecule has 1 aromatic heterocycles. The number of fused-ring (bicyclic) bond motifs is 3. The minimum atomic E-state index is -0.625. The first-order valence-electron chi connectivity index (χ1n) is 9.85. The molecule has 2 N–H and O–H groups in total. The minimum absolute atomic E-state index is 0.173. The number of ether oxygens (including phenoxy) is 2. The number of hydrogen-bond donors (Lipinski definition) is 2. The van der Waals surface area contributed by atoms with Crippen molar-refractivity contribution >= 4 is 0 Å². The lowest BCUT2D eigenvalue weighted by atomic mass is 9.66. The third-order valence-corrected chi connectivity index (χ3v) is 6.38. The summed E-state index contributed by atoms with van der Waals surface area (Å²) < 4.78 is 11.4. The van der Waals surface area contributed by atoms with Crippen LogP contribution in [0.15, 0.2) is 6.20 Å². The molecule has 140 valence electrons. The van der Waals surface area contributed by atoms with Crippen LogP contribution in [-0.4, -0.2) is 64.6 Å². The summed E-state index contributed by atoms with van der Waals surface area (Å²) in [7, 11) is 0. The Hall–Kier alpha value is -0.950. The second kappa shape index (κ2) is 7.35. The summed E-state index contributed by atoms with van der Waals surface area (Å²) in [6.45, 7) is 6.74. The Morgan fingerprint density at radius 3 is 3.12 bits per heavy atom. The number of hydrogen-bond acceptors (Lipinski definition) is 5. The van der Waals surface area contributed by atoms with E-state index in [1.165, 1.54) is 18.5 Å². The van der Waals surface area contributed by atoms with Crippen LogP contribution < -0.4 is 0 Å². The number of aromatic nitrogens is 2. The van der Waals surface area contributed by atoms with Crippen LogP contribution in [0.4, 0.5) is 0 Å². The smallest absolute Gasteiger partial charge is 0.106 e. The summed E-state index contributed by atoms with van der Waals surface area (Å²) in [5.74, 6) is 1.45. The van der Waals surface area contributed by atoms with Gasteiger partial charge in [-0.2, -0.15) is 0 Å². The SMILES string of the molecule is CCCCc1ncc(CN2C[C@H]3COCC[C@@]3(O)[C@@H]3COCC[C@@H]32)[nH]1. The number of aromatic amines is 1. The van der Waals surface area contributed by atoms with E-state index >= 15 is 0 Å². The van der Waals surface area contributed by atoms with Gasteiger partial charge in [-0.1, -0.05) is 13.3 Å². The first-order valence-corrected chi connectivity index (χ1v) is 9.85. The Bertz CT molecular complexity index is 578. The molecule has 6 heteroatoms. The molecule has 4 heterocycles. The zero-order chi connectivity index (χ0) is 17.3. The normalized spacial score (nSPS) is 36.0. The molecule has 0 saturated carbocycles. The molecule has 1 aromatic rings. The van der Waals surface area contributed by atoms with Gasteiger partial charge in [0.05, 0.1) is 18.8 Å². The highest BCUT2D eigenvalue weighted by Gasteiger charge is 2.55. The first kappa shape index (κ1) is 17.5. The molecule has 0 bridgehead atoms. The average Bonchev–Trinajstić information content (AvgIpc) is 3.08. The quantitative estimate of drug-likeness (QED) is 0.847. The Kier molecular flexibility index (Phi) is 5.13. The van der Waals surface area contributed by atoms with Gasteiger partial charge in [0.15, 0.2) is 0 Å². The summed E-state index contributed by atoms with van der Waals surface area (Å²) in [5.41, 5.74) is 0.554.